The van der Waals surface area contributed by atoms with Gasteiger partial charge in [0.05, 0.1) is 4.92 Å². The molecule has 0 spiro atoms. The van der Waals surface area contributed by atoms with Gasteiger partial charge in [-0.1, -0.05) is 12.1 Å². The van der Waals surface area contributed by atoms with Crippen molar-refractivity contribution in [3.63, 3.8) is 0 Å². The van der Waals surface area contributed by atoms with Crippen LogP contribution in [0.3, 0.4) is 0 Å². The lowest BCUT2D eigenvalue weighted by molar-refractivity contribution is -0.384. The van der Waals surface area contributed by atoms with E-state index in [-0.39, 0.29) is 16.7 Å². The molecule has 1 unspecified atom stereocenters. The van der Waals surface area contributed by atoms with Crippen LogP contribution in [-0.4, -0.2) is 11.5 Å². The molecule has 1 aromatic carbocycles. The monoisotopic (exact) mass is 220 g/mol. The van der Waals surface area contributed by atoms with Crippen molar-refractivity contribution in [1.29, 1.82) is 0 Å². The highest BCUT2D eigenvalue weighted by Gasteiger charge is 2.21. The SMILES string of the molecule is CC(NCC1CC1)c1ccc([N+](=O)[O-])cc1. The first-order chi connectivity index (χ1) is 7.66. The van der Waals surface area contributed by atoms with Crippen molar-refractivity contribution in [1.82, 2.24) is 5.32 Å². The maximum atomic E-state index is 10.5. The van der Waals surface area contributed by atoms with E-state index in [1.807, 2.05) is 12.1 Å². The summed E-state index contributed by atoms with van der Waals surface area (Å²) in [6.45, 7) is 3.14. The van der Waals surface area contributed by atoms with Gasteiger partial charge in [0.15, 0.2) is 0 Å². The van der Waals surface area contributed by atoms with Crippen LogP contribution in [0.25, 0.3) is 0 Å². The van der Waals surface area contributed by atoms with E-state index in [0.29, 0.717) is 0 Å². The summed E-state index contributed by atoms with van der Waals surface area (Å²) in [5, 5.41) is 13.9. The molecule has 1 N–H and O–H groups in total. The summed E-state index contributed by atoms with van der Waals surface area (Å²) in [5.74, 6) is 0.848. The Balaban J connectivity index is 1.93. The van der Waals surface area contributed by atoms with E-state index < -0.39 is 0 Å². The van der Waals surface area contributed by atoms with E-state index in [0.717, 1.165) is 18.0 Å². The standard InChI is InChI=1S/C12H16N2O2/c1-9(13-8-10-2-3-10)11-4-6-12(7-5-11)14(15)16/h4-7,9-10,13H,2-3,8H2,1H3. The number of non-ortho nitro benzene ring substituents is 1. The summed E-state index contributed by atoms with van der Waals surface area (Å²) < 4.78 is 0. The van der Waals surface area contributed by atoms with Crippen LogP contribution in [0.15, 0.2) is 24.3 Å². The van der Waals surface area contributed by atoms with E-state index in [9.17, 15) is 10.1 Å². The number of hydrogen-bond donors (Lipinski definition) is 1. The van der Waals surface area contributed by atoms with Crippen LogP contribution in [0, 0.1) is 16.0 Å². The molecule has 0 amide bonds. The van der Waals surface area contributed by atoms with Crippen LogP contribution in [-0.2, 0) is 0 Å². The Kier molecular flexibility index (Phi) is 3.19. The minimum atomic E-state index is -0.369. The molecule has 16 heavy (non-hydrogen) atoms. The third-order valence-electron chi connectivity index (χ3n) is 3.01. The molecule has 0 radical (unpaired) electrons. The van der Waals surface area contributed by atoms with Gasteiger partial charge in [0.2, 0.25) is 0 Å². The van der Waals surface area contributed by atoms with E-state index in [1.54, 1.807) is 12.1 Å². The average molecular weight is 220 g/mol. The van der Waals surface area contributed by atoms with E-state index in [4.69, 9.17) is 0 Å². The molecule has 2 rings (SSSR count). The molecule has 0 saturated heterocycles. The molecule has 1 aliphatic rings. The van der Waals surface area contributed by atoms with Crippen LogP contribution in [0.2, 0.25) is 0 Å². The fourth-order valence-electron chi connectivity index (χ4n) is 1.67. The molecule has 0 bridgehead atoms. The van der Waals surface area contributed by atoms with Gasteiger partial charge >= 0.3 is 0 Å². The summed E-state index contributed by atoms with van der Waals surface area (Å²) in [7, 11) is 0. The zero-order valence-electron chi connectivity index (χ0n) is 9.35. The molecule has 1 aromatic rings. The van der Waals surface area contributed by atoms with Crippen molar-refractivity contribution in [3.05, 3.63) is 39.9 Å². The van der Waals surface area contributed by atoms with Gasteiger partial charge in [-0.2, -0.15) is 0 Å². The number of nitro groups is 1. The molecule has 0 aromatic heterocycles. The predicted octanol–water partition coefficient (Wildman–Crippen LogP) is 2.66. The summed E-state index contributed by atoms with van der Waals surface area (Å²) in [5.41, 5.74) is 1.25. The van der Waals surface area contributed by atoms with Crippen LogP contribution in [0.1, 0.15) is 31.4 Å². The Morgan fingerprint density at radius 1 is 1.44 bits per heavy atom. The Morgan fingerprint density at radius 3 is 2.56 bits per heavy atom. The summed E-state index contributed by atoms with van der Waals surface area (Å²) in [4.78, 5) is 10.1. The average Bonchev–Trinajstić information content (AvgIpc) is 3.10. The number of hydrogen-bond acceptors (Lipinski definition) is 3. The highest BCUT2D eigenvalue weighted by Crippen LogP contribution is 2.28. The summed E-state index contributed by atoms with van der Waals surface area (Å²) >= 11 is 0. The normalized spacial score (nSPS) is 17.1. The van der Waals surface area contributed by atoms with Crippen LogP contribution < -0.4 is 5.32 Å². The van der Waals surface area contributed by atoms with Crippen molar-refractivity contribution in [2.24, 2.45) is 5.92 Å². The number of nitrogens with one attached hydrogen (secondary N) is 1. The third-order valence-corrected chi connectivity index (χ3v) is 3.01. The van der Waals surface area contributed by atoms with Gasteiger partial charge in [0.1, 0.15) is 0 Å². The van der Waals surface area contributed by atoms with Crippen molar-refractivity contribution in [2.45, 2.75) is 25.8 Å². The van der Waals surface area contributed by atoms with Crippen molar-refractivity contribution >= 4 is 5.69 Å². The Labute approximate surface area is 94.8 Å². The molecule has 1 atom stereocenters. The van der Waals surface area contributed by atoms with Crippen LogP contribution in [0.4, 0.5) is 5.69 Å². The molecule has 4 nitrogen and oxygen atoms in total. The predicted molar refractivity (Wildman–Crippen MR) is 62.2 cm³/mol. The van der Waals surface area contributed by atoms with Crippen LogP contribution >= 0.6 is 0 Å². The van der Waals surface area contributed by atoms with E-state index in [1.165, 1.54) is 12.8 Å². The first-order valence-electron chi connectivity index (χ1n) is 5.64. The largest absolute Gasteiger partial charge is 0.310 e. The quantitative estimate of drug-likeness (QED) is 0.613. The highest BCUT2D eigenvalue weighted by molar-refractivity contribution is 5.34. The van der Waals surface area contributed by atoms with Gasteiger partial charge in [-0.15, -0.1) is 0 Å². The highest BCUT2D eigenvalue weighted by atomic mass is 16.6. The van der Waals surface area contributed by atoms with Crippen molar-refractivity contribution in [2.75, 3.05) is 6.54 Å². The fourth-order valence-corrected chi connectivity index (χ4v) is 1.67. The molecular formula is C12H16N2O2. The smallest absolute Gasteiger partial charge is 0.269 e. The summed E-state index contributed by atoms with van der Waals surface area (Å²) in [6.07, 6.45) is 2.67. The molecule has 1 saturated carbocycles. The van der Waals surface area contributed by atoms with Gasteiger partial charge in [-0.25, -0.2) is 0 Å². The molecule has 1 fully saturated rings. The molecule has 0 aliphatic heterocycles. The molecular weight excluding hydrogens is 204 g/mol. The first kappa shape index (κ1) is 11.1. The molecule has 0 heterocycles. The molecule has 4 heteroatoms. The topological polar surface area (TPSA) is 55.2 Å². The summed E-state index contributed by atoms with van der Waals surface area (Å²) in [6, 6.07) is 7.03. The lowest BCUT2D eigenvalue weighted by atomic mass is 10.1. The van der Waals surface area contributed by atoms with E-state index >= 15 is 0 Å². The number of nitro benzene ring substituents is 1. The second-order valence-corrected chi connectivity index (χ2v) is 4.42. The molecule has 86 valence electrons. The Hall–Kier alpha value is -1.42. The van der Waals surface area contributed by atoms with Crippen LogP contribution in [0.5, 0.6) is 0 Å². The third kappa shape index (κ3) is 2.79. The number of rotatable bonds is 5. The zero-order chi connectivity index (χ0) is 11.5. The van der Waals surface area contributed by atoms with Gasteiger partial charge in [0, 0.05) is 18.2 Å². The lowest BCUT2D eigenvalue weighted by Crippen LogP contribution is -2.20. The van der Waals surface area contributed by atoms with Gasteiger partial charge in [-0.3, -0.25) is 10.1 Å². The zero-order valence-corrected chi connectivity index (χ0v) is 9.35. The fraction of sp³-hybridized carbons (Fsp3) is 0.500. The van der Waals surface area contributed by atoms with Crippen molar-refractivity contribution in [3.8, 4) is 0 Å². The molecule has 1 aliphatic carbocycles. The first-order valence-corrected chi connectivity index (χ1v) is 5.64. The second kappa shape index (κ2) is 4.61. The maximum absolute atomic E-state index is 10.5. The second-order valence-electron chi connectivity index (χ2n) is 4.42. The lowest BCUT2D eigenvalue weighted by Gasteiger charge is -2.13. The van der Waals surface area contributed by atoms with Gasteiger partial charge < -0.3 is 5.32 Å². The van der Waals surface area contributed by atoms with Crippen molar-refractivity contribution < 1.29 is 4.92 Å². The Bertz CT molecular complexity index is 371. The van der Waals surface area contributed by atoms with Gasteiger partial charge in [-0.05, 0) is 37.8 Å². The van der Waals surface area contributed by atoms with Gasteiger partial charge in [0.25, 0.3) is 5.69 Å². The maximum Gasteiger partial charge on any atom is 0.269 e. The minimum Gasteiger partial charge on any atom is -0.310 e. The Morgan fingerprint density at radius 2 is 2.06 bits per heavy atom. The number of benzene rings is 1. The minimum absolute atomic E-state index is 0.151. The van der Waals surface area contributed by atoms with E-state index in [2.05, 4.69) is 12.2 Å². The number of nitrogens with zero attached hydrogens (tertiary/aromatic N) is 1.